The fourth-order valence-corrected chi connectivity index (χ4v) is 2.30. The second-order valence-corrected chi connectivity index (χ2v) is 5.43. The summed E-state index contributed by atoms with van der Waals surface area (Å²) in [7, 11) is 0. The first-order valence-electron chi connectivity index (χ1n) is 5.14. The number of nitrogens with one attached hydrogen (secondary N) is 1. The molecule has 16 heavy (non-hydrogen) atoms. The molecule has 3 nitrogen and oxygen atoms in total. The van der Waals surface area contributed by atoms with Crippen molar-refractivity contribution in [1.82, 2.24) is 10.2 Å². The van der Waals surface area contributed by atoms with Crippen LogP contribution in [0.25, 0.3) is 10.6 Å². The van der Waals surface area contributed by atoms with Crippen LogP contribution in [0.1, 0.15) is 12.8 Å². The molecule has 1 aliphatic carbocycles. The van der Waals surface area contributed by atoms with Crippen LogP contribution in [0.5, 0.6) is 5.75 Å². The van der Waals surface area contributed by atoms with E-state index >= 15 is 0 Å². The molecule has 1 aromatic heterocycles. The molecule has 1 aromatic carbocycles. The molecule has 1 aliphatic rings. The topological polar surface area (TPSA) is 37.9 Å². The number of rotatable bonds is 3. The zero-order valence-corrected chi connectivity index (χ0v) is 10.1. The van der Waals surface area contributed by atoms with Crippen LogP contribution in [0.15, 0.2) is 24.3 Å². The van der Waals surface area contributed by atoms with Crippen molar-refractivity contribution >= 4 is 23.6 Å². The summed E-state index contributed by atoms with van der Waals surface area (Å²) < 4.78 is 6.38. The SMILES string of the molecule is S=c1[nH]nc(-c2ccc(OC3CC3)cc2)s1. The first kappa shape index (κ1) is 9.99. The fourth-order valence-electron chi connectivity index (χ4n) is 1.41. The van der Waals surface area contributed by atoms with E-state index in [1.54, 1.807) is 0 Å². The molecule has 0 saturated heterocycles. The van der Waals surface area contributed by atoms with Gasteiger partial charge in [0.25, 0.3) is 0 Å². The standard InChI is InChI=1S/C11H10N2OS2/c15-11-13-12-10(16-11)7-1-3-8(4-2-7)14-9-5-6-9/h1-4,9H,5-6H2,(H,13,15). The van der Waals surface area contributed by atoms with Crippen molar-refractivity contribution in [2.45, 2.75) is 18.9 Å². The maximum Gasteiger partial charge on any atom is 0.176 e. The lowest BCUT2D eigenvalue weighted by Crippen LogP contribution is -1.95. The van der Waals surface area contributed by atoms with Crippen LogP contribution in [0.2, 0.25) is 0 Å². The second kappa shape index (κ2) is 3.99. The molecule has 1 saturated carbocycles. The number of benzene rings is 1. The van der Waals surface area contributed by atoms with E-state index in [9.17, 15) is 0 Å². The Morgan fingerprint density at radius 3 is 2.62 bits per heavy atom. The molecule has 3 rings (SSSR count). The fraction of sp³-hybridized carbons (Fsp3) is 0.273. The highest BCUT2D eigenvalue weighted by atomic mass is 32.1. The third kappa shape index (κ3) is 2.15. The minimum atomic E-state index is 0.443. The van der Waals surface area contributed by atoms with Crippen molar-refractivity contribution in [3.63, 3.8) is 0 Å². The van der Waals surface area contributed by atoms with E-state index in [-0.39, 0.29) is 0 Å². The van der Waals surface area contributed by atoms with Crippen LogP contribution in [-0.2, 0) is 0 Å². The molecule has 5 heteroatoms. The molecule has 0 spiro atoms. The lowest BCUT2D eigenvalue weighted by Gasteiger charge is -2.03. The Labute approximate surface area is 102 Å². The summed E-state index contributed by atoms with van der Waals surface area (Å²) in [4.78, 5) is 0. The Hall–Kier alpha value is -1.20. The normalized spacial score (nSPS) is 15.0. The van der Waals surface area contributed by atoms with Gasteiger partial charge in [0.2, 0.25) is 0 Å². The Bertz CT molecular complexity index is 540. The van der Waals surface area contributed by atoms with Gasteiger partial charge in [-0.3, -0.25) is 5.10 Å². The summed E-state index contributed by atoms with van der Waals surface area (Å²) in [5.74, 6) is 0.936. The third-order valence-corrected chi connectivity index (χ3v) is 3.50. The van der Waals surface area contributed by atoms with E-state index in [4.69, 9.17) is 17.0 Å². The van der Waals surface area contributed by atoms with Gasteiger partial charge in [0.15, 0.2) is 3.95 Å². The number of hydrogen-bond acceptors (Lipinski definition) is 4. The van der Waals surface area contributed by atoms with Crippen LogP contribution < -0.4 is 4.74 Å². The maximum absolute atomic E-state index is 5.68. The van der Waals surface area contributed by atoms with Gasteiger partial charge in [-0.2, -0.15) is 5.10 Å². The number of H-pyrrole nitrogens is 1. The third-order valence-electron chi connectivity index (χ3n) is 2.37. The number of aromatic nitrogens is 2. The number of nitrogens with zero attached hydrogens (tertiary/aromatic N) is 1. The average molecular weight is 250 g/mol. The molecule has 2 aromatic rings. The van der Waals surface area contributed by atoms with Gasteiger partial charge in [0.1, 0.15) is 10.8 Å². The van der Waals surface area contributed by atoms with Gasteiger partial charge in [-0.1, -0.05) is 11.3 Å². The van der Waals surface area contributed by atoms with Crippen molar-refractivity contribution in [3.05, 3.63) is 28.2 Å². The maximum atomic E-state index is 5.68. The Morgan fingerprint density at radius 2 is 2.06 bits per heavy atom. The monoisotopic (exact) mass is 250 g/mol. The van der Waals surface area contributed by atoms with E-state index < -0.39 is 0 Å². The zero-order chi connectivity index (χ0) is 11.0. The van der Waals surface area contributed by atoms with E-state index in [2.05, 4.69) is 10.2 Å². The van der Waals surface area contributed by atoms with Gasteiger partial charge >= 0.3 is 0 Å². The molecule has 0 unspecified atom stereocenters. The zero-order valence-electron chi connectivity index (χ0n) is 8.47. The summed E-state index contributed by atoms with van der Waals surface area (Å²) in [6.45, 7) is 0. The first-order chi connectivity index (χ1) is 7.81. The van der Waals surface area contributed by atoms with Gasteiger partial charge < -0.3 is 4.74 Å². The molecule has 0 atom stereocenters. The molecule has 0 amide bonds. The summed E-state index contributed by atoms with van der Waals surface area (Å²) in [5.41, 5.74) is 1.07. The van der Waals surface area contributed by atoms with Crippen molar-refractivity contribution in [2.75, 3.05) is 0 Å². The summed E-state index contributed by atoms with van der Waals surface area (Å²) in [6.07, 6.45) is 2.81. The number of ether oxygens (including phenoxy) is 1. The van der Waals surface area contributed by atoms with Crippen LogP contribution in [0.4, 0.5) is 0 Å². The summed E-state index contributed by atoms with van der Waals surface area (Å²) in [5, 5.41) is 7.83. The van der Waals surface area contributed by atoms with Crippen molar-refractivity contribution in [2.24, 2.45) is 0 Å². The Morgan fingerprint density at radius 1 is 1.31 bits per heavy atom. The van der Waals surface area contributed by atoms with Crippen molar-refractivity contribution in [3.8, 4) is 16.3 Å². The molecular weight excluding hydrogens is 240 g/mol. The molecule has 0 bridgehead atoms. The smallest absolute Gasteiger partial charge is 0.176 e. The van der Waals surface area contributed by atoms with Gasteiger partial charge in [0, 0.05) is 5.56 Å². The van der Waals surface area contributed by atoms with Gasteiger partial charge in [0.05, 0.1) is 6.10 Å². The van der Waals surface area contributed by atoms with Crippen LogP contribution in [0.3, 0.4) is 0 Å². The van der Waals surface area contributed by atoms with Gasteiger partial charge in [-0.15, -0.1) is 0 Å². The molecule has 1 N–H and O–H groups in total. The van der Waals surface area contributed by atoms with E-state index in [0.717, 1.165) is 16.3 Å². The lowest BCUT2D eigenvalue weighted by atomic mass is 10.2. The van der Waals surface area contributed by atoms with E-state index in [1.165, 1.54) is 24.2 Å². The molecule has 0 radical (unpaired) electrons. The highest BCUT2D eigenvalue weighted by Gasteiger charge is 2.23. The average Bonchev–Trinajstić information content (AvgIpc) is 3.00. The molecule has 0 aliphatic heterocycles. The second-order valence-electron chi connectivity index (χ2n) is 3.76. The highest BCUT2D eigenvalue weighted by Crippen LogP contribution is 2.29. The van der Waals surface area contributed by atoms with E-state index in [0.29, 0.717) is 10.1 Å². The predicted molar refractivity (Wildman–Crippen MR) is 66.4 cm³/mol. The van der Waals surface area contributed by atoms with Crippen LogP contribution >= 0.6 is 23.6 Å². The largest absolute Gasteiger partial charge is 0.490 e. The van der Waals surface area contributed by atoms with Crippen LogP contribution in [0, 0.1) is 3.95 Å². The predicted octanol–water partition coefficient (Wildman–Crippen LogP) is 3.41. The molecule has 1 heterocycles. The lowest BCUT2D eigenvalue weighted by molar-refractivity contribution is 0.303. The van der Waals surface area contributed by atoms with Gasteiger partial charge in [-0.05, 0) is 49.3 Å². The van der Waals surface area contributed by atoms with Gasteiger partial charge in [-0.25, -0.2) is 0 Å². The molecule has 82 valence electrons. The highest BCUT2D eigenvalue weighted by molar-refractivity contribution is 7.73. The number of hydrogen-bond donors (Lipinski definition) is 1. The molecular formula is C11H10N2OS2. The molecule has 1 fully saturated rings. The summed E-state index contributed by atoms with van der Waals surface area (Å²) in [6, 6.07) is 7.99. The minimum absolute atomic E-state index is 0.443. The first-order valence-corrected chi connectivity index (χ1v) is 6.36. The van der Waals surface area contributed by atoms with E-state index in [1.807, 2.05) is 24.3 Å². The van der Waals surface area contributed by atoms with Crippen molar-refractivity contribution < 1.29 is 4.74 Å². The minimum Gasteiger partial charge on any atom is -0.490 e. The van der Waals surface area contributed by atoms with Crippen molar-refractivity contribution in [1.29, 1.82) is 0 Å². The quantitative estimate of drug-likeness (QED) is 0.848. The number of aromatic amines is 1. The Balaban J connectivity index is 1.83. The Kier molecular flexibility index (Phi) is 2.49. The summed E-state index contributed by atoms with van der Waals surface area (Å²) >= 11 is 6.48. The van der Waals surface area contributed by atoms with Crippen LogP contribution in [-0.4, -0.2) is 16.3 Å².